The van der Waals surface area contributed by atoms with Crippen LogP contribution in [0.5, 0.6) is 0 Å². The fourth-order valence-electron chi connectivity index (χ4n) is 9.35. The molecular weight excluding hydrogens is 701 g/mol. The van der Waals surface area contributed by atoms with E-state index in [1.54, 1.807) is 0 Å². The molecule has 9 aromatic carbocycles. The number of aromatic nitrogens is 2. The summed E-state index contributed by atoms with van der Waals surface area (Å²) in [6, 6.07) is 73.7. The Kier molecular flexibility index (Phi) is 7.30. The molecule has 0 N–H and O–H groups in total. The summed E-state index contributed by atoms with van der Waals surface area (Å²) in [4.78, 5) is 0. The van der Waals surface area contributed by atoms with E-state index in [1.165, 1.54) is 82.5 Å². The lowest BCUT2D eigenvalue weighted by Gasteiger charge is -2.16. The van der Waals surface area contributed by atoms with Crippen LogP contribution in [-0.4, -0.2) is 9.13 Å². The summed E-state index contributed by atoms with van der Waals surface area (Å²) in [5.41, 5.74) is 16.9. The molecule has 2 aromatic heterocycles. The van der Waals surface area contributed by atoms with Gasteiger partial charge in [0.25, 0.3) is 0 Å². The largest absolute Gasteiger partial charge is 0.309 e. The number of fused-ring (bicyclic) bond motifs is 8. The van der Waals surface area contributed by atoms with Crippen molar-refractivity contribution in [3.05, 3.63) is 211 Å². The van der Waals surface area contributed by atoms with Crippen LogP contribution < -0.4 is 0 Å². The van der Waals surface area contributed by atoms with Crippen molar-refractivity contribution in [1.82, 2.24) is 9.13 Å². The molecule has 0 unspecified atom stereocenters. The van der Waals surface area contributed by atoms with Crippen molar-refractivity contribution in [3.8, 4) is 44.8 Å². The van der Waals surface area contributed by atoms with Gasteiger partial charge in [-0.25, -0.2) is 0 Å². The average Bonchev–Trinajstić information content (AvgIpc) is 3.81. The molecule has 0 saturated heterocycles. The van der Waals surface area contributed by atoms with E-state index in [4.69, 9.17) is 0 Å². The van der Waals surface area contributed by atoms with Crippen molar-refractivity contribution in [2.45, 2.75) is 12.8 Å². The molecule has 0 saturated carbocycles. The second kappa shape index (κ2) is 13.0. The second-order valence-corrected chi connectivity index (χ2v) is 15.5. The van der Waals surface area contributed by atoms with Crippen LogP contribution in [0.4, 0.5) is 0 Å². The maximum absolute atomic E-state index is 3.45. The zero-order valence-corrected chi connectivity index (χ0v) is 31.8. The molecular formula is C56H36N2. The zero-order valence-electron chi connectivity index (χ0n) is 31.8. The predicted octanol–water partition coefficient (Wildman–Crippen LogP) is 14.6. The van der Waals surface area contributed by atoms with Gasteiger partial charge in [-0.1, -0.05) is 133 Å². The lowest BCUT2D eigenvalue weighted by molar-refractivity contribution is 0.986. The Labute approximate surface area is 337 Å². The number of hydrogen-bond donors (Lipinski definition) is 0. The Morgan fingerprint density at radius 3 is 2.02 bits per heavy atom. The van der Waals surface area contributed by atoms with E-state index in [2.05, 4.69) is 209 Å². The Morgan fingerprint density at radius 1 is 0.414 bits per heavy atom. The first kappa shape index (κ1) is 32.6. The highest BCUT2D eigenvalue weighted by Crippen LogP contribution is 2.40. The highest BCUT2D eigenvalue weighted by molar-refractivity contribution is 6.12. The van der Waals surface area contributed by atoms with Crippen LogP contribution in [0, 0.1) is 12.1 Å². The Morgan fingerprint density at radius 2 is 1.10 bits per heavy atom. The van der Waals surface area contributed by atoms with Gasteiger partial charge < -0.3 is 9.13 Å². The van der Waals surface area contributed by atoms with Crippen molar-refractivity contribution in [1.29, 1.82) is 0 Å². The SMILES string of the molecule is c1ccc2c(c#1)c1cc(-c3ccc4c5ccccc5n(-c5cc(-c6ccc7c(c6)CCC=C7)cc(-c6ccc7ccccc7c6)c5)c4c3)ccc1n2-c1ccccc1. The molecule has 2 heteroatoms. The Hall–Kier alpha value is -7.60. The maximum Gasteiger partial charge on any atom is 0.0631 e. The van der Waals surface area contributed by atoms with Gasteiger partial charge in [0.1, 0.15) is 0 Å². The van der Waals surface area contributed by atoms with Crippen molar-refractivity contribution in [2.24, 2.45) is 0 Å². The summed E-state index contributed by atoms with van der Waals surface area (Å²) in [5.74, 6) is 0. The third-order valence-corrected chi connectivity index (χ3v) is 12.2. The van der Waals surface area contributed by atoms with E-state index in [0.717, 1.165) is 40.6 Å². The number of para-hydroxylation sites is 2. The summed E-state index contributed by atoms with van der Waals surface area (Å²) >= 11 is 0. The van der Waals surface area contributed by atoms with Crippen LogP contribution in [0.1, 0.15) is 17.5 Å². The quantitative estimate of drug-likeness (QED) is 0.167. The third kappa shape index (κ3) is 5.22. The molecule has 0 amide bonds. The van der Waals surface area contributed by atoms with Gasteiger partial charge >= 0.3 is 0 Å². The van der Waals surface area contributed by atoms with Gasteiger partial charge in [0.2, 0.25) is 0 Å². The standard InChI is InChI=1S/C56H36N2/c1-2-16-47(17-3-1)57-54-21-11-9-19-50(54)52-35-43(27-29-55(52)57)44-26-28-51-49-18-8-10-20-53(49)58(56(51)36-44)48-33-45(41-24-22-37-12-4-6-14-39(37)30-41)32-46(34-48)42-25-23-38-13-5-7-15-40(38)31-42/h1-6,8,10-14,16-18,20-36H,7,15H2. The topological polar surface area (TPSA) is 9.86 Å². The first-order valence-corrected chi connectivity index (χ1v) is 20.1. The predicted molar refractivity (Wildman–Crippen MR) is 244 cm³/mol. The monoisotopic (exact) mass is 736 g/mol. The smallest absolute Gasteiger partial charge is 0.0631 e. The maximum atomic E-state index is 3.45. The van der Waals surface area contributed by atoms with E-state index in [1.807, 2.05) is 6.07 Å². The van der Waals surface area contributed by atoms with Crippen LogP contribution in [-0.2, 0) is 6.42 Å². The van der Waals surface area contributed by atoms with Crippen molar-refractivity contribution >= 4 is 60.5 Å². The molecule has 0 aliphatic heterocycles. The number of nitrogens with zero attached hydrogens (tertiary/aromatic N) is 2. The van der Waals surface area contributed by atoms with Crippen LogP contribution in [0.2, 0.25) is 0 Å². The molecule has 0 radical (unpaired) electrons. The summed E-state index contributed by atoms with van der Waals surface area (Å²) in [6.07, 6.45) is 6.71. The summed E-state index contributed by atoms with van der Waals surface area (Å²) in [6.45, 7) is 0. The van der Waals surface area contributed by atoms with Crippen LogP contribution in [0.15, 0.2) is 188 Å². The third-order valence-electron chi connectivity index (χ3n) is 12.2. The lowest BCUT2D eigenvalue weighted by Crippen LogP contribution is -1.97. The van der Waals surface area contributed by atoms with E-state index < -0.39 is 0 Å². The second-order valence-electron chi connectivity index (χ2n) is 15.5. The van der Waals surface area contributed by atoms with Gasteiger partial charge in [0.15, 0.2) is 0 Å². The van der Waals surface area contributed by atoms with Crippen molar-refractivity contribution in [3.63, 3.8) is 0 Å². The van der Waals surface area contributed by atoms with Crippen LogP contribution in [0.25, 0.3) is 105 Å². The molecule has 11 aromatic rings. The molecule has 2 nitrogen and oxygen atoms in total. The Bertz CT molecular complexity index is 3450. The first-order valence-electron chi connectivity index (χ1n) is 20.1. The van der Waals surface area contributed by atoms with E-state index in [-0.39, 0.29) is 0 Å². The van der Waals surface area contributed by atoms with Crippen LogP contribution >= 0.6 is 0 Å². The number of allylic oxidation sites excluding steroid dienone is 1. The molecule has 12 rings (SSSR count). The van der Waals surface area contributed by atoms with Gasteiger partial charge in [0, 0.05) is 27.5 Å². The Balaban J connectivity index is 1.08. The molecule has 2 heterocycles. The fourth-order valence-corrected chi connectivity index (χ4v) is 9.35. The normalized spacial score (nSPS) is 12.5. The molecule has 270 valence electrons. The highest BCUT2D eigenvalue weighted by atomic mass is 15.0. The zero-order chi connectivity index (χ0) is 38.2. The summed E-state index contributed by atoms with van der Waals surface area (Å²) in [5, 5.41) is 7.22. The first-order chi connectivity index (χ1) is 28.7. The van der Waals surface area contributed by atoms with Gasteiger partial charge in [-0.3, -0.25) is 0 Å². The highest BCUT2D eigenvalue weighted by Gasteiger charge is 2.18. The summed E-state index contributed by atoms with van der Waals surface area (Å²) < 4.78 is 4.81. The van der Waals surface area contributed by atoms with E-state index in [9.17, 15) is 0 Å². The number of hydrogen-bond acceptors (Lipinski definition) is 0. The minimum absolute atomic E-state index is 1.07. The minimum atomic E-state index is 1.07. The molecule has 1 aliphatic carbocycles. The van der Waals surface area contributed by atoms with Gasteiger partial charge in [0.05, 0.1) is 27.5 Å². The molecule has 1 aliphatic rings. The van der Waals surface area contributed by atoms with E-state index in [0.29, 0.717) is 0 Å². The molecule has 0 fully saturated rings. The number of benzene rings is 8. The van der Waals surface area contributed by atoms with Gasteiger partial charge in [-0.2, -0.15) is 0 Å². The van der Waals surface area contributed by atoms with Gasteiger partial charge in [-0.05, 0) is 141 Å². The minimum Gasteiger partial charge on any atom is -0.309 e. The molecule has 0 bridgehead atoms. The molecule has 58 heavy (non-hydrogen) atoms. The van der Waals surface area contributed by atoms with Gasteiger partial charge in [-0.15, -0.1) is 0 Å². The number of rotatable bonds is 5. The van der Waals surface area contributed by atoms with Crippen molar-refractivity contribution in [2.75, 3.05) is 0 Å². The van der Waals surface area contributed by atoms with E-state index >= 15 is 0 Å². The van der Waals surface area contributed by atoms with Crippen LogP contribution in [0.3, 0.4) is 0 Å². The fraction of sp³-hybridized carbons (Fsp3) is 0.0357. The molecule has 0 atom stereocenters. The van der Waals surface area contributed by atoms with Crippen molar-refractivity contribution < 1.29 is 0 Å². The average molecular weight is 737 g/mol. The lowest BCUT2D eigenvalue weighted by atomic mass is 9.91. The number of aryl methyl sites for hydroxylation is 1. The molecule has 0 spiro atoms. The summed E-state index contributed by atoms with van der Waals surface area (Å²) in [7, 11) is 0.